The molecule has 0 bridgehead atoms. The number of allylic oxidation sites excluding steroid dienone is 4. The number of carbonyl (C=O) groups excluding carboxylic acids is 1. The predicted molar refractivity (Wildman–Crippen MR) is 136 cm³/mol. The largest absolute Gasteiger partial charge is 0.287 e. The van der Waals surface area contributed by atoms with Gasteiger partial charge in [-0.2, -0.15) is 9.96 Å². The van der Waals surface area contributed by atoms with Crippen LogP contribution in [0.3, 0.4) is 0 Å². The fraction of sp³-hybridized carbons (Fsp3) is 0. The smallest absolute Gasteiger partial charge is 0.215 e. The Morgan fingerprint density at radius 2 is 1.13 bits per heavy atom. The molecular weight excluding hydrogens is 514 g/mol. The van der Waals surface area contributed by atoms with Gasteiger partial charge in [-0.3, -0.25) is 4.79 Å². The van der Waals surface area contributed by atoms with Crippen molar-refractivity contribution in [1.29, 1.82) is 0 Å². The van der Waals surface area contributed by atoms with E-state index in [1.54, 1.807) is 0 Å². The number of halogens is 3. The lowest BCUT2D eigenvalue weighted by atomic mass is 10.1. The third-order valence-corrected chi connectivity index (χ3v) is 9.32. The average Bonchev–Trinajstić information content (AvgIpc) is 2.80. The van der Waals surface area contributed by atoms with Crippen molar-refractivity contribution >= 4 is 73.6 Å². The SMILES string of the molecule is O=C1C(Cl)=CC(=NN=P(c2ccccc2)(c2ccccc2)c2ccc(Br)cc2)C=C1Cl. The van der Waals surface area contributed by atoms with E-state index in [1.807, 2.05) is 48.5 Å². The van der Waals surface area contributed by atoms with Crippen LogP contribution < -0.4 is 15.9 Å². The molecule has 0 heterocycles. The van der Waals surface area contributed by atoms with Crippen molar-refractivity contribution in [1.82, 2.24) is 0 Å². The Bertz CT molecular complexity index is 1200. The normalized spacial score (nSPS) is 14.0. The lowest BCUT2D eigenvalue weighted by Crippen LogP contribution is -2.25. The van der Waals surface area contributed by atoms with Gasteiger partial charge in [0.2, 0.25) is 5.78 Å². The molecule has 0 amide bonds. The molecular formula is C24H16BrCl2N2OP. The van der Waals surface area contributed by atoms with Crippen LogP contribution in [0.25, 0.3) is 0 Å². The molecule has 0 spiro atoms. The first-order valence-electron chi connectivity index (χ1n) is 9.36. The molecule has 0 fully saturated rings. The standard InChI is InChI=1S/C24H16BrCl2N2OP/c25-17-11-13-21(14-12-17)31(19-7-3-1-4-8-19,20-9-5-2-6-10-20)29-28-18-15-22(26)24(30)23(27)16-18/h1-16H. The molecule has 1 aliphatic rings. The summed E-state index contributed by atoms with van der Waals surface area (Å²) in [6.45, 7) is 0. The van der Waals surface area contributed by atoms with Gasteiger partial charge in [0, 0.05) is 20.4 Å². The Labute approximate surface area is 199 Å². The zero-order valence-corrected chi connectivity index (χ0v) is 20.1. The van der Waals surface area contributed by atoms with Crippen molar-refractivity contribution in [3.63, 3.8) is 0 Å². The number of ketones is 1. The first kappa shape index (κ1) is 22.0. The molecule has 31 heavy (non-hydrogen) atoms. The van der Waals surface area contributed by atoms with Gasteiger partial charge >= 0.3 is 0 Å². The highest BCUT2D eigenvalue weighted by Gasteiger charge is 2.28. The van der Waals surface area contributed by atoms with Crippen molar-refractivity contribution < 1.29 is 4.79 Å². The van der Waals surface area contributed by atoms with Crippen LogP contribution in [0.4, 0.5) is 0 Å². The van der Waals surface area contributed by atoms with E-state index in [0.717, 1.165) is 20.4 Å². The number of rotatable bonds is 4. The van der Waals surface area contributed by atoms with E-state index in [0.29, 0.717) is 5.71 Å². The highest BCUT2D eigenvalue weighted by atomic mass is 79.9. The number of nitrogens with zero attached hydrogens (tertiary/aromatic N) is 2. The fourth-order valence-corrected chi connectivity index (χ4v) is 7.24. The molecule has 3 nitrogen and oxygen atoms in total. The number of hydrogen-bond acceptors (Lipinski definition) is 2. The summed E-state index contributed by atoms with van der Waals surface area (Å²) in [5, 5.41) is 7.76. The van der Waals surface area contributed by atoms with Crippen molar-refractivity contribution in [3.05, 3.63) is 112 Å². The first-order chi connectivity index (χ1) is 15.0. The minimum absolute atomic E-state index is 0.0217. The quantitative estimate of drug-likeness (QED) is 0.228. The van der Waals surface area contributed by atoms with Gasteiger partial charge in [-0.1, -0.05) is 112 Å². The van der Waals surface area contributed by atoms with Gasteiger partial charge in [0.1, 0.15) is 0 Å². The van der Waals surface area contributed by atoms with E-state index in [1.165, 1.54) is 12.2 Å². The second-order valence-corrected chi connectivity index (χ2v) is 11.4. The van der Waals surface area contributed by atoms with Crippen LogP contribution in [0.15, 0.2) is 122 Å². The van der Waals surface area contributed by atoms with Crippen LogP contribution >= 0.6 is 46.2 Å². The van der Waals surface area contributed by atoms with Crippen LogP contribution in [-0.2, 0) is 4.79 Å². The molecule has 0 aliphatic heterocycles. The maximum Gasteiger partial charge on any atom is 0.215 e. The molecule has 0 saturated carbocycles. The fourth-order valence-electron chi connectivity index (χ4n) is 3.27. The number of Topliss-reactive ketones (excluding diaryl/α,β-unsaturated/α-hetero) is 1. The Morgan fingerprint density at radius 1 is 0.677 bits per heavy atom. The second-order valence-electron chi connectivity index (χ2n) is 6.71. The highest BCUT2D eigenvalue weighted by Crippen LogP contribution is 2.46. The summed E-state index contributed by atoms with van der Waals surface area (Å²) < 4.78 is 0.983. The van der Waals surface area contributed by atoms with Crippen molar-refractivity contribution in [3.8, 4) is 0 Å². The summed E-state index contributed by atoms with van der Waals surface area (Å²) in [4.78, 5) is 16.9. The van der Waals surface area contributed by atoms with Crippen LogP contribution in [0.1, 0.15) is 0 Å². The summed E-state index contributed by atoms with van der Waals surface area (Å²) in [5.41, 5.74) is 0.433. The Balaban J connectivity index is 2.05. The predicted octanol–water partition coefficient (Wildman–Crippen LogP) is 6.11. The van der Waals surface area contributed by atoms with E-state index in [2.05, 4.69) is 57.4 Å². The summed E-state index contributed by atoms with van der Waals surface area (Å²) in [5.74, 6) is -0.414. The van der Waals surface area contributed by atoms with Gasteiger partial charge in [0.15, 0.2) is 0 Å². The first-order valence-corrected chi connectivity index (χ1v) is 12.7. The van der Waals surface area contributed by atoms with Crippen LogP contribution in [0.5, 0.6) is 0 Å². The second kappa shape index (κ2) is 9.50. The van der Waals surface area contributed by atoms with Crippen LogP contribution in [-0.4, -0.2) is 11.5 Å². The zero-order valence-electron chi connectivity index (χ0n) is 16.1. The molecule has 0 N–H and O–H groups in total. The minimum Gasteiger partial charge on any atom is -0.287 e. The van der Waals surface area contributed by atoms with Gasteiger partial charge in [-0.25, -0.2) is 0 Å². The van der Waals surface area contributed by atoms with Crippen LogP contribution in [0, 0.1) is 0 Å². The zero-order chi connectivity index (χ0) is 21.8. The van der Waals surface area contributed by atoms with Crippen molar-refractivity contribution in [2.75, 3.05) is 0 Å². The molecule has 0 atom stereocenters. The van der Waals surface area contributed by atoms with Gasteiger partial charge in [0.05, 0.1) is 22.8 Å². The third kappa shape index (κ3) is 4.53. The average molecular weight is 530 g/mol. The number of carbonyl (C=O) groups is 1. The molecule has 1 aliphatic carbocycles. The highest BCUT2D eigenvalue weighted by molar-refractivity contribution is 9.10. The minimum atomic E-state index is -2.51. The third-order valence-electron chi connectivity index (χ3n) is 4.74. The Kier molecular flexibility index (Phi) is 6.74. The van der Waals surface area contributed by atoms with E-state index in [-0.39, 0.29) is 10.1 Å². The van der Waals surface area contributed by atoms with Crippen molar-refractivity contribution in [2.45, 2.75) is 0 Å². The molecule has 3 aromatic carbocycles. The Morgan fingerprint density at radius 3 is 1.61 bits per heavy atom. The summed E-state index contributed by atoms with van der Waals surface area (Å²) in [6, 6.07) is 28.4. The summed E-state index contributed by atoms with van der Waals surface area (Å²) in [6.07, 6.45) is 2.98. The van der Waals surface area contributed by atoms with E-state index < -0.39 is 12.8 Å². The van der Waals surface area contributed by atoms with E-state index in [4.69, 9.17) is 28.1 Å². The maximum atomic E-state index is 11.9. The van der Waals surface area contributed by atoms with E-state index >= 15 is 0 Å². The lowest BCUT2D eigenvalue weighted by molar-refractivity contribution is -0.111. The van der Waals surface area contributed by atoms with Gasteiger partial charge in [0.25, 0.3) is 0 Å². The molecule has 3 aromatic rings. The van der Waals surface area contributed by atoms with Crippen molar-refractivity contribution in [2.24, 2.45) is 9.96 Å². The molecule has 0 radical (unpaired) electrons. The molecule has 0 unspecified atom stereocenters. The van der Waals surface area contributed by atoms with Crippen LogP contribution in [0.2, 0.25) is 0 Å². The molecule has 7 heteroatoms. The Hall–Kier alpha value is -2.23. The molecule has 0 saturated heterocycles. The van der Waals surface area contributed by atoms with Gasteiger partial charge in [-0.05, 0) is 24.3 Å². The maximum absolute atomic E-state index is 11.9. The van der Waals surface area contributed by atoms with Gasteiger partial charge < -0.3 is 0 Å². The number of hydrogen-bond donors (Lipinski definition) is 0. The summed E-state index contributed by atoms with van der Waals surface area (Å²) in [7, 11) is -2.51. The van der Waals surface area contributed by atoms with Gasteiger partial charge in [-0.15, -0.1) is 0 Å². The number of benzene rings is 3. The van der Waals surface area contributed by atoms with E-state index in [9.17, 15) is 4.79 Å². The molecule has 4 rings (SSSR count). The molecule has 154 valence electrons. The lowest BCUT2D eigenvalue weighted by Gasteiger charge is -2.25. The summed E-state index contributed by atoms with van der Waals surface area (Å²) >= 11 is 15.6. The molecule has 0 aromatic heterocycles. The topological polar surface area (TPSA) is 41.8 Å². The monoisotopic (exact) mass is 528 g/mol.